The Labute approximate surface area is 146 Å². The summed E-state index contributed by atoms with van der Waals surface area (Å²) in [4.78, 5) is 35.8. The van der Waals surface area contributed by atoms with Gasteiger partial charge in [-0.2, -0.15) is 0 Å². The Morgan fingerprint density at radius 1 is 1.04 bits per heavy atom. The van der Waals surface area contributed by atoms with Gasteiger partial charge in [0.15, 0.2) is 0 Å². The lowest BCUT2D eigenvalue weighted by Gasteiger charge is -2.23. The van der Waals surface area contributed by atoms with Gasteiger partial charge in [-0.1, -0.05) is 40.5 Å². The molecule has 0 aromatic rings. The summed E-state index contributed by atoms with van der Waals surface area (Å²) >= 11 is 0. The fraction of sp³-hybridized carbons (Fsp3) is 0.833. The summed E-state index contributed by atoms with van der Waals surface area (Å²) in [5, 5.41) is 5.60. The maximum absolute atomic E-state index is 12.1. The molecule has 24 heavy (non-hydrogen) atoms. The zero-order valence-corrected chi connectivity index (χ0v) is 15.9. The number of carbonyl (C=O) groups excluding carboxylic acids is 3. The van der Waals surface area contributed by atoms with Crippen LogP contribution in [0.1, 0.15) is 73.1 Å². The van der Waals surface area contributed by atoms with E-state index in [-0.39, 0.29) is 18.4 Å². The molecule has 0 aromatic heterocycles. The van der Waals surface area contributed by atoms with Crippen molar-refractivity contribution in [1.82, 2.24) is 10.6 Å². The van der Waals surface area contributed by atoms with E-state index in [2.05, 4.69) is 17.6 Å². The SMILES string of the molecule is CCCCCNC(=O)CCC[C@@H](NC(=O)C(C)(C)C)C(=O)OCC. The molecule has 0 bridgehead atoms. The van der Waals surface area contributed by atoms with Crippen molar-refractivity contribution in [3.8, 4) is 0 Å². The van der Waals surface area contributed by atoms with E-state index in [1.807, 2.05) is 0 Å². The molecule has 2 N–H and O–H groups in total. The first kappa shape index (κ1) is 22.4. The topological polar surface area (TPSA) is 84.5 Å². The van der Waals surface area contributed by atoms with E-state index < -0.39 is 17.4 Å². The quantitative estimate of drug-likeness (QED) is 0.446. The third kappa shape index (κ3) is 10.2. The third-order valence-electron chi connectivity index (χ3n) is 3.56. The number of rotatable bonds is 11. The van der Waals surface area contributed by atoms with E-state index in [0.717, 1.165) is 19.3 Å². The molecule has 2 amide bonds. The van der Waals surface area contributed by atoms with Gasteiger partial charge in [0.1, 0.15) is 6.04 Å². The van der Waals surface area contributed by atoms with Crippen LogP contribution in [0.2, 0.25) is 0 Å². The van der Waals surface area contributed by atoms with Crippen molar-refractivity contribution in [2.45, 2.75) is 79.2 Å². The summed E-state index contributed by atoms with van der Waals surface area (Å²) in [5.41, 5.74) is -0.582. The van der Waals surface area contributed by atoms with Crippen molar-refractivity contribution in [1.29, 1.82) is 0 Å². The Morgan fingerprint density at radius 3 is 2.25 bits per heavy atom. The second-order valence-electron chi connectivity index (χ2n) is 6.98. The van der Waals surface area contributed by atoms with Crippen LogP contribution in [0.25, 0.3) is 0 Å². The highest BCUT2D eigenvalue weighted by Crippen LogP contribution is 2.14. The van der Waals surface area contributed by atoms with Gasteiger partial charge in [-0.3, -0.25) is 9.59 Å². The molecule has 140 valence electrons. The van der Waals surface area contributed by atoms with Crippen molar-refractivity contribution >= 4 is 17.8 Å². The van der Waals surface area contributed by atoms with Gasteiger partial charge in [0, 0.05) is 18.4 Å². The number of carbonyl (C=O) groups is 3. The van der Waals surface area contributed by atoms with Crippen LogP contribution in [0.4, 0.5) is 0 Å². The number of esters is 1. The summed E-state index contributed by atoms with van der Waals surface area (Å²) in [7, 11) is 0. The largest absolute Gasteiger partial charge is 0.464 e. The molecule has 0 saturated heterocycles. The van der Waals surface area contributed by atoms with Gasteiger partial charge in [0.25, 0.3) is 0 Å². The zero-order valence-electron chi connectivity index (χ0n) is 15.9. The van der Waals surface area contributed by atoms with Crippen LogP contribution in [0.3, 0.4) is 0 Å². The number of unbranched alkanes of at least 4 members (excludes halogenated alkanes) is 2. The number of hydrogen-bond acceptors (Lipinski definition) is 4. The maximum Gasteiger partial charge on any atom is 0.328 e. The molecular formula is C18H34N2O4. The minimum absolute atomic E-state index is 0.0177. The predicted octanol–water partition coefficient (Wildman–Crippen LogP) is 2.56. The number of ether oxygens (including phenoxy) is 1. The molecule has 0 rings (SSSR count). The minimum atomic E-state index is -0.704. The summed E-state index contributed by atoms with van der Waals surface area (Å²) < 4.78 is 5.01. The van der Waals surface area contributed by atoms with E-state index >= 15 is 0 Å². The molecular weight excluding hydrogens is 308 g/mol. The summed E-state index contributed by atoms with van der Waals surface area (Å²) in [6, 6.07) is -0.704. The van der Waals surface area contributed by atoms with Crippen LogP contribution >= 0.6 is 0 Å². The second-order valence-corrected chi connectivity index (χ2v) is 6.98. The van der Waals surface area contributed by atoms with Gasteiger partial charge in [-0.15, -0.1) is 0 Å². The summed E-state index contributed by atoms with van der Waals surface area (Å²) in [6.07, 6.45) is 4.45. The Hall–Kier alpha value is -1.59. The normalized spacial score (nSPS) is 12.4. The number of amides is 2. The molecule has 0 aliphatic carbocycles. The van der Waals surface area contributed by atoms with Crippen molar-refractivity contribution in [2.24, 2.45) is 5.41 Å². The van der Waals surface area contributed by atoms with Gasteiger partial charge in [0.2, 0.25) is 11.8 Å². The monoisotopic (exact) mass is 342 g/mol. The molecule has 0 unspecified atom stereocenters. The highest BCUT2D eigenvalue weighted by molar-refractivity contribution is 5.87. The van der Waals surface area contributed by atoms with Gasteiger partial charge in [-0.05, 0) is 26.2 Å². The highest BCUT2D eigenvalue weighted by Gasteiger charge is 2.28. The van der Waals surface area contributed by atoms with Gasteiger partial charge in [-0.25, -0.2) is 4.79 Å². The lowest BCUT2D eigenvalue weighted by Crippen LogP contribution is -2.46. The highest BCUT2D eigenvalue weighted by atomic mass is 16.5. The van der Waals surface area contributed by atoms with Crippen LogP contribution < -0.4 is 10.6 Å². The number of nitrogens with one attached hydrogen (secondary N) is 2. The van der Waals surface area contributed by atoms with E-state index in [1.54, 1.807) is 27.7 Å². The fourth-order valence-corrected chi connectivity index (χ4v) is 2.02. The molecule has 0 aliphatic rings. The summed E-state index contributed by atoms with van der Waals surface area (Å²) in [6.45, 7) is 10.2. The average Bonchev–Trinajstić information content (AvgIpc) is 2.49. The van der Waals surface area contributed by atoms with E-state index in [0.29, 0.717) is 25.8 Å². The smallest absolute Gasteiger partial charge is 0.328 e. The molecule has 0 radical (unpaired) electrons. The van der Waals surface area contributed by atoms with Crippen LogP contribution in [0.15, 0.2) is 0 Å². The first-order valence-corrected chi connectivity index (χ1v) is 8.96. The first-order chi connectivity index (χ1) is 11.2. The van der Waals surface area contributed by atoms with Crippen molar-refractivity contribution in [2.75, 3.05) is 13.2 Å². The Kier molecular flexibility index (Phi) is 11.1. The van der Waals surface area contributed by atoms with Crippen molar-refractivity contribution in [3.63, 3.8) is 0 Å². The molecule has 0 aromatic carbocycles. The Balaban J connectivity index is 4.34. The van der Waals surface area contributed by atoms with E-state index in [9.17, 15) is 14.4 Å². The van der Waals surface area contributed by atoms with Crippen molar-refractivity contribution in [3.05, 3.63) is 0 Å². The zero-order chi connectivity index (χ0) is 18.6. The molecule has 0 aliphatic heterocycles. The molecule has 0 saturated carbocycles. The van der Waals surface area contributed by atoms with Gasteiger partial charge < -0.3 is 15.4 Å². The molecule has 0 heterocycles. The van der Waals surface area contributed by atoms with Gasteiger partial charge >= 0.3 is 5.97 Å². The first-order valence-electron chi connectivity index (χ1n) is 8.96. The second kappa shape index (κ2) is 11.9. The lowest BCUT2D eigenvalue weighted by molar-refractivity contribution is -0.148. The van der Waals surface area contributed by atoms with E-state index in [1.165, 1.54) is 0 Å². The molecule has 6 nitrogen and oxygen atoms in total. The van der Waals surface area contributed by atoms with E-state index in [4.69, 9.17) is 4.74 Å². The molecule has 1 atom stereocenters. The third-order valence-corrected chi connectivity index (χ3v) is 3.56. The predicted molar refractivity (Wildman–Crippen MR) is 94.4 cm³/mol. The van der Waals surface area contributed by atoms with Crippen LogP contribution in [-0.2, 0) is 19.1 Å². The molecule has 6 heteroatoms. The average molecular weight is 342 g/mol. The van der Waals surface area contributed by atoms with Crippen molar-refractivity contribution < 1.29 is 19.1 Å². The standard InChI is InChI=1S/C18H34N2O4/c1-6-8-9-13-19-15(21)12-10-11-14(16(22)24-7-2)20-17(23)18(3,4)5/h14H,6-13H2,1-5H3,(H,19,21)(H,20,23)/t14-/m1/s1. The Bertz CT molecular complexity index is 402. The van der Waals surface area contributed by atoms with Crippen LogP contribution in [-0.4, -0.2) is 37.0 Å². The fourth-order valence-electron chi connectivity index (χ4n) is 2.02. The van der Waals surface area contributed by atoms with Crippen LogP contribution in [0.5, 0.6) is 0 Å². The number of hydrogen-bond donors (Lipinski definition) is 2. The minimum Gasteiger partial charge on any atom is -0.464 e. The summed E-state index contributed by atoms with van der Waals surface area (Å²) in [5.74, 6) is -0.668. The Morgan fingerprint density at radius 2 is 1.71 bits per heavy atom. The molecule has 0 spiro atoms. The maximum atomic E-state index is 12.1. The molecule has 0 fully saturated rings. The van der Waals surface area contributed by atoms with Gasteiger partial charge in [0.05, 0.1) is 6.61 Å². The van der Waals surface area contributed by atoms with Crippen LogP contribution in [0, 0.1) is 5.41 Å². The lowest BCUT2D eigenvalue weighted by atomic mass is 9.95.